The summed E-state index contributed by atoms with van der Waals surface area (Å²) in [6.07, 6.45) is 3.32. The van der Waals surface area contributed by atoms with Gasteiger partial charge in [0.25, 0.3) is 0 Å². The first kappa shape index (κ1) is 23.2. The zero-order valence-electron chi connectivity index (χ0n) is 16.5. The maximum absolute atomic E-state index is 5.49. The van der Waals surface area contributed by atoms with Crippen molar-refractivity contribution < 1.29 is 4.74 Å². The van der Waals surface area contributed by atoms with E-state index >= 15 is 0 Å². The fraction of sp³-hybridized carbons (Fsp3) is 0.632. The lowest BCUT2D eigenvalue weighted by Crippen LogP contribution is -2.44. The number of para-hydroxylation sites is 2. The monoisotopic (exact) mass is 492 g/mol. The molecule has 0 bridgehead atoms. The third-order valence-electron chi connectivity index (χ3n) is 4.73. The van der Waals surface area contributed by atoms with Crippen LogP contribution in [-0.4, -0.2) is 57.3 Å². The molecule has 1 aromatic carbocycles. The van der Waals surface area contributed by atoms with Crippen LogP contribution in [0.4, 0.5) is 5.69 Å². The van der Waals surface area contributed by atoms with E-state index in [9.17, 15) is 0 Å². The van der Waals surface area contributed by atoms with Gasteiger partial charge in [-0.25, -0.2) is 0 Å². The molecule has 0 aromatic heterocycles. The van der Waals surface area contributed by atoms with E-state index in [1.165, 1.54) is 12.1 Å². The van der Waals surface area contributed by atoms with Crippen LogP contribution in [-0.2, 0) is 0 Å². The molecule has 5 nitrogen and oxygen atoms in total. The number of ether oxygens (including phenoxy) is 1. The zero-order chi connectivity index (χ0) is 18.3. The first-order valence-corrected chi connectivity index (χ1v) is 10.1. The van der Waals surface area contributed by atoms with E-state index in [2.05, 4.69) is 52.8 Å². The van der Waals surface area contributed by atoms with Crippen molar-refractivity contribution in [3.05, 3.63) is 24.3 Å². The van der Waals surface area contributed by atoms with E-state index in [-0.39, 0.29) is 28.7 Å². The lowest BCUT2D eigenvalue weighted by molar-refractivity contribution is 0.414. The van der Waals surface area contributed by atoms with Gasteiger partial charge in [-0.1, -0.05) is 12.1 Å². The third-order valence-corrected chi connectivity index (χ3v) is 5.98. The van der Waals surface area contributed by atoms with Crippen molar-refractivity contribution in [3.8, 4) is 5.75 Å². The molecule has 1 aliphatic heterocycles. The summed E-state index contributed by atoms with van der Waals surface area (Å²) < 4.78 is 5.69. The highest BCUT2D eigenvalue weighted by Crippen LogP contribution is 2.31. The molecule has 0 saturated carbocycles. The van der Waals surface area contributed by atoms with Crippen molar-refractivity contribution in [1.29, 1.82) is 0 Å². The number of nitrogens with one attached hydrogen (secondary N) is 2. The highest BCUT2D eigenvalue weighted by Gasteiger charge is 2.25. The number of benzene rings is 1. The number of aliphatic imine (C=N–C) groups is 1. The maximum Gasteiger partial charge on any atom is 0.191 e. The van der Waals surface area contributed by atoms with Gasteiger partial charge in [0.05, 0.1) is 12.8 Å². The topological polar surface area (TPSA) is 48.9 Å². The molecule has 0 aliphatic carbocycles. The van der Waals surface area contributed by atoms with Crippen molar-refractivity contribution >= 4 is 47.4 Å². The van der Waals surface area contributed by atoms with Crippen LogP contribution in [0, 0.1) is 5.92 Å². The van der Waals surface area contributed by atoms with Crippen molar-refractivity contribution in [2.45, 2.75) is 25.0 Å². The van der Waals surface area contributed by atoms with Gasteiger partial charge >= 0.3 is 0 Å². The SMILES string of the molecule is CN=C(NCC1CCN(c2ccccc2OC)C1)NCC(C)(C)SC.I. The standard InChI is InChI=1S/C19H32N4OS.HI/c1-19(2,25-5)14-22-18(20-3)21-12-15-10-11-23(13-15)16-8-6-7-9-17(16)24-4;/h6-9,15H,10-14H2,1-5H3,(H2,20,21,22);1H. The van der Waals surface area contributed by atoms with Crippen LogP contribution >= 0.6 is 35.7 Å². The summed E-state index contributed by atoms with van der Waals surface area (Å²) >= 11 is 1.86. The maximum atomic E-state index is 5.49. The predicted molar refractivity (Wildman–Crippen MR) is 126 cm³/mol. The minimum absolute atomic E-state index is 0. The number of rotatable bonds is 7. The summed E-state index contributed by atoms with van der Waals surface area (Å²) in [7, 11) is 3.57. The van der Waals surface area contributed by atoms with Gasteiger partial charge in [0, 0.05) is 38.0 Å². The number of nitrogens with zero attached hydrogens (tertiary/aromatic N) is 2. The van der Waals surface area contributed by atoms with Crippen molar-refractivity contribution in [3.63, 3.8) is 0 Å². The molecule has 0 radical (unpaired) electrons. The van der Waals surface area contributed by atoms with Gasteiger partial charge < -0.3 is 20.3 Å². The fourth-order valence-electron chi connectivity index (χ4n) is 2.94. The Kier molecular flexibility index (Phi) is 9.92. The average Bonchev–Trinajstić information content (AvgIpc) is 3.10. The van der Waals surface area contributed by atoms with Gasteiger partial charge in [0.15, 0.2) is 5.96 Å². The highest BCUT2D eigenvalue weighted by atomic mass is 127. The third kappa shape index (κ3) is 6.72. The molecule has 1 atom stereocenters. The number of hydrogen-bond donors (Lipinski definition) is 2. The molecule has 1 aromatic rings. The molecule has 0 spiro atoms. The Hall–Kier alpha value is -0.830. The van der Waals surface area contributed by atoms with Gasteiger partial charge in [-0.3, -0.25) is 4.99 Å². The zero-order valence-corrected chi connectivity index (χ0v) is 19.7. The quantitative estimate of drug-likeness (QED) is 0.347. The van der Waals surface area contributed by atoms with E-state index in [0.29, 0.717) is 5.92 Å². The van der Waals surface area contributed by atoms with Crippen molar-refractivity contribution in [2.24, 2.45) is 10.9 Å². The summed E-state index contributed by atoms with van der Waals surface area (Å²) in [6, 6.07) is 8.26. The first-order chi connectivity index (χ1) is 12.0. The second-order valence-electron chi connectivity index (χ2n) is 7.04. The Morgan fingerprint density at radius 1 is 1.35 bits per heavy atom. The second-order valence-corrected chi connectivity index (χ2v) is 8.56. The van der Waals surface area contributed by atoms with Crippen LogP contribution in [0.2, 0.25) is 0 Å². The summed E-state index contributed by atoms with van der Waals surface area (Å²) in [5, 5.41) is 6.91. The molecule has 2 rings (SSSR count). The molecule has 2 N–H and O–H groups in total. The molecule has 1 unspecified atom stereocenters. The van der Waals surface area contributed by atoms with Gasteiger partial charge in [-0.05, 0) is 44.6 Å². The fourth-order valence-corrected chi connectivity index (χ4v) is 3.16. The lowest BCUT2D eigenvalue weighted by atomic mass is 10.1. The predicted octanol–water partition coefficient (Wildman–Crippen LogP) is 3.45. The number of halogens is 1. The average molecular weight is 492 g/mol. The molecular weight excluding hydrogens is 459 g/mol. The van der Waals surface area contributed by atoms with E-state index < -0.39 is 0 Å². The molecule has 26 heavy (non-hydrogen) atoms. The summed E-state index contributed by atoms with van der Waals surface area (Å²) in [5.74, 6) is 2.45. The molecule has 0 amide bonds. The number of hydrogen-bond acceptors (Lipinski definition) is 4. The Morgan fingerprint density at radius 3 is 2.73 bits per heavy atom. The first-order valence-electron chi connectivity index (χ1n) is 8.86. The van der Waals surface area contributed by atoms with Crippen molar-refractivity contribution in [2.75, 3.05) is 51.5 Å². The molecule has 1 saturated heterocycles. The molecule has 7 heteroatoms. The Bertz CT molecular complexity index is 582. The summed E-state index contributed by atoms with van der Waals surface area (Å²) in [5.41, 5.74) is 1.19. The normalized spacial score (nSPS) is 17.7. The van der Waals surface area contributed by atoms with Crippen LogP contribution in [0.5, 0.6) is 5.75 Å². The lowest BCUT2D eigenvalue weighted by Gasteiger charge is -2.24. The molecule has 148 valence electrons. The number of methoxy groups -OCH3 is 1. The van der Waals surface area contributed by atoms with Crippen molar-refractivity contribution in [1.82, 2.24) is 10.6 Å². The van der Waals surface area contributed by atoms with Gasteiger partial charge in [-0.2, -0.15) is 11.8 Å². The van der Waals surface area contributed by atoms with E-state index in [1.54, 1.807) is 7.11 Å². The smallest absolute Gasteiger partial charge is 0.191 e. The molecule has 1 fully saturated rings. The summed E-state index contributed by atoms with van der Waals surface area (Å²) in [6.45, 7) is 8.41. The van der Waals surface area contributed by atoms with Crippen LogP contribution in [0.3, 0.4) is 0 Å². The minimum Gasteiger partial charge on any atom is -0.495 e. The Labute approximate surface area is 179 Å². The summed E-state index contributed by atoms with van der Waals surface area (Å²) in [4.78, 5) is 6.76. The number of thioether (sulfide) groups is 1. The number of guanidine groups is 1. The largest absolute Gasteiger partial charge is 0.495 e. The van der Waals surface area contributed by atoms with E-state index in [0.717, 1.165) is 37.9 Å². The Morgan fingerprint density at radius 2 is 2.08 bits per heavy atom. The van der Waals surface area contributed by atoms with Crippen LogP contribution in [0.25, 0.3) is 0 Å². The van der Waals surface area contributed by atoms with Crippen LogP contribution in [0.1, 0.15) is 20.3 Å². The molecule has 1 heterocycles. The van der Waals surface area contributed by atoms with Crippen LogP contribution < -0.4 is 20.3 Å². The van der Waals surface area contributed by atoms with E-state index in [4.69, 9.17) is 4.74 Å². The minimum atomic E-state index is 0. The number of anilines is 1. The Balaban J connectivity index is 0.00000338. The molecule has 1 aliphatic rings. The van der Waals surface area contributed by atoms with Gasteiger partial charge in [0.2, 0.25) is 0 Å². The molecular formula is C19H33IN4OS. The van der Waals surface area contributed by atoms with Gasteiger partial charge in [0.1, 0.15) is 5.75 Å². The second kappa shape index (κ2) is 11.1. The van der Waals surface area contributed by atoms with Gasteiger partial charge in [-0.15, -0.1) is 24.0 Å². The van der Waals surface area contributed by atoms with Crippen LogP contribution in [0.15, 0.2) is 29.3 Å². The highest BCUT2D eigenvalue weighted by molar-refractivity contribution is 14.0. The van der Waals surface area contributed by atoms with E-state index in [1.807, 2.05) is 30.9 Å².